The second-order valence-electron chi connectivity index (χ2n) is 6.00. The van der Waals surface area contributed by atoms with Gasteiger partial charge in [-0.3, -0.25) is 14.9 Å². The zero-order valence-electron chi connectivity index (χ0n) is 11.5. The molecule has 1 aliphatic carbocycles. The summed E-state index contributed by atoms with van der Waals surface area (Å²) in [7, 11) is 0. The highest BCUT2D eigenvalue weighted by atomic mass is 16.2. The summed E-state index contributed by atoms with van der Waals surface area (Å²) in [5, 5.41) is 4.91. The largest absolute Gasteiger partial charge is 0.340 e. The van der Waals surface area contributed by atoms with Crippen LogP contribution in [0.2, 0.25) is 0 Å². The molecule has 0 aromatic carbocycles. The summed E-state index contributed by atoms with van der Waals surface area (Å²) in [5.74, 6) is -0.405. The lowest BCUT2D eigenvalue weighted by atomic mass is 10.00. The first-order valence-electron chi connectivity index (χ1n) is 7.19. The van der Waals surface area contributed by atoms with E-state index in [1.807, 2.05) is 22.9 Å². The van der Waals surface area contributed by atoms with Gasteiger partial charge in [0.1, 0.15) is 11.2 Å². The van der Waals surface area contributed by atoms with Gasteiger partial charge in [0.15, 0.2) is 0 Å². The van der Waals surface area contributed by atoms with Crippen molar-refractivity contribution < 1.29 is 14.4 Å². The fraction of sp³-hybridized carbons (Fsp3) is 0.500. The molecule has 1 saturated carbocycles. The molecule has 3 heterocycles. The van der Waals surface area contributed by atoms with Gasteiger partial charge in [0.05, 0.1) is 6.54 Å². The Hall–Kier alpha value is -2.31. The van der Waals surface area contributed by atoms with Gasteiger partial charge in [-0.25, -0.2) is 4.79 Å². The minimum atomic E-state index is -0.941. The Balaban J connectivity index is 1.55. The molecule has 0 bridgehead atoms. The third kappa shape index (κ3) is 1.84. The molecule has 7 heteroatoms. The van der Waals surface area contributed by atoms with E-state index in [9.17, 15) is 14.4 Å². The van der Waals surface area contributed by atoms with Crippen LogP contribution in [0, 0.1) is 0 Å². The second-order valence-corrected chi connectivity index (χ2v) is 6.00. The van der Waals surface area contributed by atoms with E-state index in [0.717, 1.165) is 12.8 Å². The molecule has 1 spiro atoms. The van der Waals surface area contributed by atoms with Crippen LogP contribution in [0.4, 0.5) is 4.79 Å². The van der Waals surface area contributed by atoms with Crippen LogP contribution in [-0.2, 0) is 4.79 Å². The third-order valence-corrected chi connectivity index (χ3v) is 4.51. The van der Waals surface area contributed by atoms with Crippen molar-refractivity contribution in [3.05, 3.63) is 24.0 Å². The van der Waals surface area contributed by atoms with Gasteiger partial charge >= 0.3 is 6.03 Å². The summed E-state index contributed by atoms with van der Waals surface area (Å²) in [6, 6.07) is 3.65. The maximum atomic E-state index is 12.7. The molecule has 1 aromatic rings. The highest BCUT2D eigenvalue weighted by molar-refractivity contribution is 6.08. The molecular formula is C14H16N4O3. The molecule has 7 nitrogen and oxygen atoms in total. The molecule has 1 aromatic heterocycles. The minimum absolute atomic E-state index is 0.0716. The second kappa shape index (κ2) is 4.09. The van der Waals surface area contributed by atoms with Crippen LogP contribution in [0.25, 0.3) is 0 Å². The standard InChI is InChI=1S/C14H16N4O3/c19-11(10-2-1-6-18(10)9-3-4-9)17-7-5-14(8-17)12(20)15-13(21)16-14/h1-2,6,9H,3-5,7-8H2,(H2,15,16,20,21). The monoisotopic (exact) mass is 288 g/mol. The summed E-state index contributed by atoms with van der Waals surface area (Å²) in [4.78, 5) is 37.5. The first kappa shape index (κ1) is 12.4. The van der Waals surface area contributed by atoms with Crippen molar-refractivity contribution in [1.82, 2.24) is 20.1 Å². The SMILES string of the molecule is O=C1NC(=O)C2(CCN(C(=O)c3cccn3C3CC3)C2)N1. The van der Waals surface area contributed by atoms with Crippen molar-refractivity contribution in [1.29, 1.82) is 0 Å². The Labute approximate surface area is 121 Å². The number of carbonyl (C=O) groups excluding carboxylic acids is 3. The van der Waals surface area contributed by atoms with E-state index in [1.165, 1.54) is 0 Å². The van der Waals surface area contributed by atoms with Crippen molar-refractivity contribution in [3.8, 4) is 0 Å². The molecule has 2 aliphatic heterocycles. The molecule has 3 fully saturated rings. The number of rotatable bonds is 2. The molecule has 1 unspecified atom stereocenters. The number of imide groups is 1. The molecule has 2 saturated heterocycles. The van der Waals surface area contributed by atoms with Gasteiger partial charge in [0.25, 0.3) is 11.8 Å². The maximum absolute atomic E-state index is 12.7. The van der Waals surface area contributed by atoms with E-state index in [4.69, 9.17) is 0 Å². The number of urea groups is 1. The fourth-order valence-corrected chi connectivity index (χ4v) is 3.21. The normalized spacial score (nSPS) is 28.1. The molecule has 1 atom stereocenters. The predicted octanol–water partition coefficient (Wildman–Crippen LogP) is 0.247. The molecule has 110 valence electrons. The number of hydrogen-bond acceptors (Lipinski definition) is 3. The van der Waals surface area contributed by atoms with Crippen LogP contribution < -0.4 is 10.6 Å². The van der Waals surface area contributed by atoms with E-state index in [-0.39, 0.29) is 18.4 Å². The average Bonchev–Trinajstić information content (AvgIpc) is 2.93. The molecule has 2 N–H and O–H groups in total. The Morgan fingerprint density at radius 1 is 1.33 bits per heavy atom. The number of hydrogen-bond donors (Lipinski definition) is 2. The number of amides is 4. The van der Waals surface area contributed by atoms with Crippen LogP contribution in [0.5, 0.6) is 0 Å². The lowest BCUT2D eigenvalue weighted by Crippen LogP contribution is -2.49. The first-order valence-corrected chi connectivity index (χ1v) is 7.19. The smallest absolute Gasteiger partial charge is 0.322 e. The van der Waals surface area contributed by atoms with Crippen molar-refractivity contribution in [2.75, 3.05) is 13.1 Å². The summed E-state index contributed by atoms with van der Waals surface area (Å²) < 4.78 is 2.01. The zero-order valence-corrected chi connectivity index (χ0v) is 11.5. The van der Waals surface area contributed by atoms with Gasteiger partial charge in [-0.2, -0.15) is 0 Å². The highest BCUT2D eigenvalue weighted by Gasteiger charge is 2.52. The van der Waals surface area contributed by atoms with Crippen LogP contribution in [0.3, 0.4) is 0 Å². The Bertz CT molecular complexity index is 648. The lowest BCUT2D eigenvalue weighted by Gasteiger charge is -2.21. The Morgan fingerprint density at radius 3 is 2.81 bits per heavy atom. The molecule has 4 amide bonds. The molecule has 4 rings (SSSR count). The average molecular weight is 288 g/mol. The quantitative estimate of drug-likeness (QED) is 0.765. The van der Waals surface area contributed by atoms with Gasteiger partial charge < -0.3 is 14.8 Å². The van der Waals surface area contributed by atoms with Crippen molar-refractivity contribution in [2.24, 2.45) is 0 Å². The number of aromatic nitrogens is 1. The van der Waals surface area contributed by atoms with Gasteiger partial charge in [-0.1, -0.05) is 0 Å². The lowest BCUT2D eigenvalue weighted by molar-refractivity contribution is -0.123. The topological polar surface area (TPSA) is 83.4 Å². The maximum Gasteiger partial charge on any atom is 0.322 e. The minimum Gasteiger partial charge on any atom is -0.340 e. The number of carbonyl (C=O) groups is 3. The van der Waals surface area contributed by atoms with E-state index in [2.05, 4.69) is 10.6 Å². The van der Waals surface area contributed by atoms with Gasteiger partial charge in [0, 0.05) is 18.8 Å². The van der Waals surface area contributed by atoms with Gasteiger partial charge in [0.2, 0.25) is 0 Å². The zero-order chi connectivity index (χ0) is 14.6. The summed E-state index contributed by atoms with van der Waals surface area (Å²) in [5.41, 5.74) is -0.275. The molecular weight excluding hydrogens is 272 g/mol. The van der Waals surface area contributed by atoms with E-state index < -0.39 is 11.6 Å². The van der Waals surface area contributed by atoms with Crippen molar-refractivity contribution in [3.63, 3.8) is 0 Å². The number of nitrogens with one attached hydrogen (secondary N) is 2. The van der Waals surface area contributed by atoms with Crippen molar-refractivity contribution >= 4 is 17.8 Å². The third-order valence-electron chi connectivity index (χ3n) is 4.51. The van der Waals surface area contributed by atoms with Crippen LogP contribution in [0.1, 0.15) is 35.8 Å². The van der Waals surface area contributed by atoms with Crippen LogP contribution >= 0.6 is 0 Å². The van der Waals surface area contributed by atoms with E-state index in [1.54, 1.807) is 4.90 Å². The van der Waals surface area contributed by atoms with Crippen molar-refractivity contribution in [2.45, 2.75) is 30.8 Å². The van der Waals surface area contributed by atoms with Gasteiger partial charge in [-0.15, -0.1) is 0 Å². The number of likely N-dealkylation sites (tertiary alicyclic amines) is 1. The van der Waals surface area contributed by atoms with Crippen LogP contribution in [0.15, 0.2) is 18.3 Å². The predicted molar refractivity (Wildman–Crippen MR) is 72.6 cm³/mol. The number of nitrogens with zero attached hydrogens (tertiary/aromatic N) is 2. The first-order chi connectivity index (χ1) is 10.1. The molecule has 0 radical (unpaired) electrons. The summed E-state index contributed by atoms with van der Waals surface area (Å²) in [6.07, 6.45) is 4.61. The fourth-order valence-electron chi connectivity index (χ4n) is 3.21. The summed E-state index contributed by atoms with van der Waals surface area (Å²) >= 11 is 0. The molecule has 21 heavy (non-hydrogen) atoms. The molecule has 3 aliphatic rings. The Kier molecular flexibility index (Phi) is 2.42. The Morgan fingerprint density at radius 2 is 2.14 bits per heavy atom. The van der Waals surface area contributed by atoms with Crippen LogP contribution in [-0.4, -0.2) is 45.9 Å². The van der Waals surface area contributed by atoms with E-state index >= 15 is 0 Å². The van der Waals surface area contributed by atoms with Gasteiger partial charge in [-0.05, 0) is 31.4 Å². The summed E-state index contributed by atoms with van der Waals surface area (Å²) in [6.45, 7) is 0.710. The highest BCUT2D eigenvalue weighted by Crippen LogP contribution is 2.36. The van der Waals surface area contributed by atoms with E-state index in [0.29, 0.717) is 24.7 Å².